The summed E-state index contributed by atoms with van der Waals surface area (Å²) >= 11 is 0. The highest BCUT2D eigenvalue weighted by Gasteiger charge is 2.45. The van der Waals surface area contributed by atoms with Crippen molar-refractivity contribution < 1.29 is 4.79 Å². The quantitative estimate of drug-likeness (QED) is 0.557. The second-order valence-electron chi connectivity index (χ2n) is 4.94. The van der Waals surface area contributed by atoms with E-state index in [1.54, 1.807) is 0 Å². The van der Waals surface area contributed by atoms with Crippen LogP contribution in [0.5, 0.6) is 0 Å². The summed E-state index contributed by atoms with van der Waals surface area (Å²) in [7, 11) is 0. The lowest BCUT2D eigenvalue weighted by molar-refractivity contribution is -0.119. The SMILES string of the molecule is CC1=C2C(=O)CC[C@H](C)[C@@]2(C)CC1. The Morgan fingerprint density at radius 1 is 1.38 bits per heavy atom. The fourth-order valence-corrected chi connectivity index (χ4v) is 3.03. The van der Waals surface area contributed by atoms with Crippen molar-refractivity contribution in [2.45, 2.75) is 46.5 Å². The molecule has 0 unspecified atom stereocenters. The van der Waals surface area contributed by atoms with E-state index in [0.29, 0.717) is 11.7 Å². The maximum atomic E-state index is 11.8. The molecule has 2 aliphatic carbocycles. The molecule has 0 N–H and O–H groups in total. The van der Waals surface area contributed by atoms with Gasteiger partial charge in [-0.25, -0.2) is 0 Å². The first-order valence-corrected chi connectivity index (χ1v) is 5.29. The second kappa shape index (κ2) is 2.70. The van der Waals surface area contributed by atoms with E-state index >= 15 is 0 Å². The topological polar surface area (TPSA) is 17.1 Å². The molecule has 0 aromatic rings. The standard InChI is InChI=1S/C12H18O/c1-8-6-7-12(3)9(2)4-5-10(13)11(8)12/h9H,4-7H2,1-3H3/t9-,12+/m0/s1. The number of fused-ring (bicyclic) bond motifs is 1. The molecule has 0 aliphatic heterocycles. The molecule has 13 heavy (non-hydrogen) atoms. The van der Waals surface area contributed by atoms with Crippen molar-refractivity contribution >= 4 is 5.78 Å². The number of Topliss-reactive ketones (excluding diaryl/α,β-unsaturated/α-hetero) is 1. The molecule has 0 bridgehead atoms. The molecule has 1 fully saturated rings. The predicted molar refractivity (Wildman–Crippen MR) is 53.4 cm³/mol. The molecule has 0 spiro atoms. The molecule has 1 saturated carbocycles. The van der Waals surface area contributed by atoms with Crippen LogP contribution in [0.15, 0.2) is 11.1 Å². The maximum absolute atomic E-state index is 11.8. The molecule has 0 saturated heterocycles. The molecule has 72 valence electrons. The van der Waals surface area contributed by atoms with Gasteiger partial charge in [-0.15, -0.1) is 0 Å². The molecular weight excluding hydrogens is 160 g/mol. The third-order valence-corrected chi connectivity index (χ3v) is 4.19. The summed E-state index contributed by atoms with van der Waals surface area (Å²) in [5.41, 5.74) is 2.77. The van der Waals surface area contributed by atoms with Gasteiger partial charge in [0.1, 0.15) is 0 Å². The highest BCUT2D eigenvalue weighted by molar-refractivity contribution is 5.98. The third kappa shape index (κ3) is 1.09. The van der Waals surface area contributed by atoms with E-state index in [0.717, 1.165) is 19.3 Å². The van der Waals surface area contributed by atoms with E-state index in [9.17, 15) is 4.79 Å². The van der Waals surface area contributed by atoms with E-state index < -0.39 is 0 Å². The molecule has 0 aromatic carbocycles. The summed E-state index contributed by atoms with van der Waals surface area (Å²) in [4.78, 5) is 11.8. The molecule has 2 rings (SSSR count). The number of allylic oxidation sites excluding steroid dienone is 2. The maximum Gasteiger partial charge on any atom is 0.159 e. The van der Waals surface area contributed by atoms with Crippen molar-refractivity contribution in [3.05, 3.63) is 11.1 Å². The number of carbonyl (C=O) groups excluding carboxylic acids is 1. The van der Waals surface area contributed by atoms with Crippen molar-refractivity contribution in [3.63, 3.8) is 0 Å². The number of hydrogen-bond donors (Lipinski definition) is 0. The van der Waals surface area contributed by atoms with E-state index in [1.807, 2.05) is 0 Å². The van der Waals surface area contributed by atoms with Crippen molar-refractivity contribution in [1.82, 2.24) is 0 Å². The van der Waals surface area contributed by atoms with Crippen molar-refractivity contribution in [3.8, 4) is 0 Å². The Balaban J connectivity index is 2.46. The highest BCUT2D eigenvalue weighted by atomic mass is 16.1. The minimum atomic E-state index is 0.222. The number of rotatable bonds is 0. The highest BCUT2D eigenvalue weighted by Crippen LogP contribution is 2.52. The number of carbonyl (C=O) groups is 1. The van der Waals surface area contributed by atoms with Gasteiger partial charge in [-0.1, -0.05) is 19.4 Å². The molecule has 0 amide bonds. The van der Waals surface area contributed by atoms with E-state index in [-0.39, 0.29) is 5.41 Å². The van der Waals surface area contributed by atoms with E-state index in [2.05, 4.69) is 20.8 Å². The lowest BCUT2D eigenvalue weighted by atomic mass is 9.65. The van der Waals surface area contributed by atoms with Gasteiger partial charge in [-0.3, -0.25) is 4.79 Å². The van der Waals surface area contributed by atoms with Crippen LogP contribution in [0.2, 0.25) is 0 Å². The summed E-state index contributed by atoms with van der Waals surface area (Å²) in [6.45, 7) is 6.71. The lowest BCUT2D eigenvalue weighted by Crippen LogP contribution is -2.33. The molecule has 0 aromatic heterocycles. The molecular formula is C12H18O. The zero-order valence-electron chi connectivity index (χ0n) is 8.81. The van der Waals surface area contributed by atoms with Crippen molar-refractivity contribution in [2.75, 3.05) is 0 Å². The molecule has 2 atom stereocenters. The summed E-state index contributed by atoms with van der Waals surface area (Å²) in [6.07, 6.45) is 4.21. The summed E-state index contributed by atoms with van der Waals surface area (Å²) < 4.78 is 0. The largest absolute Gasteiger partial charge is 0.295 e. The zero-order chi connectivity index (χ0) is 9.64. The van der Waals surface area contributed by atoms with Crippen molar-refractivity contribution in [2.24, 2.45) is 11.3 Å². The van der Waals surface area contributed by atoms with Crippen LogP contribution in [0.4, 0.5) is 0 Å². The second-order valence-corrected chi connectivity index (χ2v) is 4.94. The fraction of sp³-hybridized carbons (Fsp3) is 0.750. The molecule has 0 heterocycles. The van der Waals surface area contributed by atoms with Gasteiger partial charge in [-0.05, 0) is 37.5 Å². The van der Waals surface area contributed by atoms with Crippen LogP contribution in [-0.2, 0) is 4.79 Å². The number of ketones is 1. The predicted octanol–water partition coefficient (Wildman–Crippen LogP) is 3.10. The van der Waals surface area contributed by atoms with Crippen molar-refractivity contribution in [1.29, 1.82) is 0 Å². The average molecular weight is 178 g/mol. The summed E-state index contributed by atoms with van der Waals surface area (Å²) in [5, 5.41) is 0. The van der Waals surface area contributed by atoms with Crippen LogP contribution >= 0.6 is 0 Å². The third-order valence-electron chi connectivity index (χ3n) is 4.19. The minimum absolute atomic E-state index is 0.222. The van der Waals surface area contributed by atoms with Crippen LogP contribution < -0.4 is 0 Å². The van der Waals surface area contributed by atoms with Gasteiger partial charge in [0, 0.05) is 12.0 Å². The van der Waals surface area contributed by atoms with Crippen LogP contribution in [0.25, 0.3) is 0 Å². The van der Waals surface area contributed by atoms with Crippen LogP contribution in [0, 0.1) is 11.3 Å². The summed E-state index contributed by atoms with van der Waals surface area (Å²) in [6, 6.07) is 0. The number of hydrogen-bond acceptors (Lipinski definition) is 1. The van der Waals surface area contributed by atoms with Gasteiger partial charge < -0.3 is 0 Å². The summed E-state index contributed by atoms with van der Waals surface area (Å²) in [5.74, 6) is 1.12. The average Bonchev–Trinajstić information content (AvgIpc) is 2.38. The molecule has 1 nitrogen and oxygen atoms in total. The Morgan fingerprint density at radius 3 is 2.69 bits per heavy atom. The normalized spacial score (nSPS) is 39.6. The van der Waals surface area contributed by atoms with Gasteiger partial charge in [0.25, 0.3) is 0 Å². The monoisotopic (exact) mass is 178 g/mol. The van der Waals surface area contributed by atoms with Gasteiger partial charge in [-0.2, -0.15) is 0 Å². The van der Waals surface area contributed by atoms with E-state index in [4.69, 9.17) is 0 Å². The van der Waals surface area contributed by atoms with E-state index in [1.165, 1.54) is 17.6 Å². The Kier molecular flexibility index (Phi) is 1.86. The Morgan fingerprint density at radius 2 is 2.08 bits per heavy atom. The van der Waals surface area contributed by atoms with Crippen LogP contribution in [0.3, 0.4) is 0 Å². The first-order chi connectivity index (χ1) is 6.05. The Bertz CT molecular complexity index is 287. The first-order valence-electron chi connectivity index (χ1n) is 5.29. The minimum Gasteiger partial charge on any atom is -0.295 e. The van der Waals surface area contributed by atoms with Gasteiger partial charge in [0.15, 0.2) is 5.78 Å². The smallest absolute Gasteiger partial charge is 0.159 e. The molecule has 0 radical (unpaired) electrons. The fourth-order valence-electron chi connectivity index (χ4n) is 3.03. The zero-order valence-corrected chi connectivity index (χ0v) is 8.81. The molecule has 2 aliphatic rings. The van der Waals surface area contributed by atoms with Gasteiger partial charge in [0.05, 0.1) is 0 Å². The van der Waals surface area contributed by atoms with Crippen LogP contribution in [-0.4, -0.2) is 5.78 Å². The lowest BCUT2D eigenvalue weighted by Gasteiger charge is -2.38. The van der Waals surface area contributed by atoms with Crippen LogP contribution in [0.1, 0.15) is 46.5 Å². The Hall–Kier alpha value is -0.590. The first kappa shape index (κ1) is 8.98. The van der Waals surface area contributed by atoms with Gasteiger partial charge in [0.2, 0.25) is 0 Å². The van der Waals surface area contributed by atoms with Gasteiger partial charge >= 0.3 is 0 Å². The Labute approximate surface area is 80.2 Å². The molecule has 1 heteroatoms.